The van der Waals surface area contributed by atoms with Gasteiger partial charge in [-0.15, -0.1) is 0 Å². The van der Waals surface area contributed by atoms with Gasteiger partial charge in [0.15, 0.2) is 5.17 Å². The molecule has 1 aliphatic heterocycles. The molecule has 1 aromatic heterocycles. The SMILES string of the molecule is O=C(Nc1ccc(C2=NNC(=NCc3ccco3)SC2)cc1)c1ccccc1. The number of benzene rings is 2. The molecule has 0 spiro atoms. The Labute approximate surface area is 166 Å². The average molecular weight is 390 g/mol. The molecule has 0 unspecified atom stereocenters. The maximum absolute atomic E-state index is 12.2. The second-order valence-electron chi connectivity index (χ2n) is 6.06. The highest BCUT2D eigenvalue weighted by Gasteiger charge is 2.13. The van der Waals surface area contributed by atoms with Crippen LogP contribution in [0.25, 0.3) is 0 Å². The number of carbonyl (C=O) groups excluding carboxylic acids is 1. The van der Waals surface area contributed by atoms with Gasteiger partial charge in [-0.2, -0.15) is 5.10 Å². The summed E-state index contributed by atoms with van der Waals surface area (Å²) in [7, 11) is 0. The first-order chi connectivity index (χ1) is 13.8. The lowest BCUT2D eigenvalue weighted by atomic mass is 10.1. The van der Waals surface area contributed by atoms with Gasteiger partial charge in [0, 0.05) is 17.0 Å². The zero-order valence-corrected chi connectivity index (χ0v) is 15.8. The molecule has 7 heteroatoms. The molecule has 2 N–H and O–H groups in total. The largest absolute Gasteiger partial charge is 0.467 e. The fourth-order valence-corrected chi connectivity index (χ4v) is 3.41. The van der Waals surface area contributed by atoms with E-state index in [1.165, 1.54) is 0 Å². The molecule has 1 amide bonds. The molecule has 0 bridgehead atoms. The van der Waals surface area contributed by atoms with Gasteiger partial charge in [-0.3, -0.25) is 15.2 Å². The van der Waals surface area contributed by atoms with E-state index in [0.29, 0.717) is 12.1 Å². The van der Waals surface area contributed by atoms with Gasteiger partial charge >= 0.3 is 0 Å². The summed E-state index contributed by atoms with van der Waals surface area (Å²) in [5, 5.41) is 8.08. The number of nitrogens with one attached hydrogen (secondary N) is 2. The lowest BCUT2D eigenvalue weighted by Gasteiger charge is -2.15. The van der Waals surface area contributed by atoms with Gasteiger partial charge in [0.25, 0.3) is 5.91 Å². The third-order valence-corrected chi connectivity index (χ3v) is 5.01. The van der Waals surface area contributed by atoms with Crippen LogP contribution in [0, 0.1) is 0 Å². The second-order valence-corrected chi connectivity index (χ2v) is 7.02. The molecule has 3 aromatic rings. The summed E-state index contributed by atoms with van der Waals surface area (Å²) in [6.45, 7) is 0.489. The molecule has 140 valence electrons. The second kappa shape index (κ2) is 8.58. The highest BCUT2D eigenvalue weighted by molar-refractivity contribution is 8.14. The molecule has 0 saturated heterocycles. The van der Waals surface area contributed by atoms with Gasteiger partial charge in [0.1, 0.15) is 5.76 Å². The molecule has 0 aliphatic carbocycles. The molecule has 0 saturated carbocycles. The van der Waals surface area contributed by atoms with Crippen molar-refractivity contribution in [1.29, 1.82) is 0 Å². The van der Waals surface area contributed by atoms with Crippen LogP contribution in [-0.4, -0.2) is 22.5 Å². The van der Waals surface area contributed by atoms with E-state index in [4.69, 9.17) is 4.42 Å². The molecule has 0 atom stereocenters. The van der Waals surface area contributed by atoms with Crippen LogP contribution in [0.5, 0.6) is 0 Å². The third-order valence-electron chi connectivity index (χ3n) is 4.10. The lowest BCUT2D eigenvalue weighted by molar-refractivity contribution is 0.102. The minimum Gasteiger partial charge on any atom is -0.467 e. The minimum atomic E-state index is -0.127. The first kappa shape index (κ1) is 18.1. The third kappa shape index (κ3) is 4.50. The van der Waals surface area contributed by atoms with Crippen molar-refractivity contribution in [1.82, 2.24) is 5.43 Å². The van der Waals surface area contributed by atoms with E-state index >= 15 is 0 Å². The molecule has 1 aliphatic rings. The van der Waals surface area contributed by atoms with E-state index in [0.717, 1.165) is 33.6 Å². The number of hydrogen-bond donors (Lipinski definition) is 2. The predicted molar refractivity (Wildman–Crippen MR) is 113 cm³/mol. The van der Waals surface area contributed by atoms with Crippen LogP contribution in [0.2, 0.25) is 0 Å². The van der Waals surface area contributed by atoms with Gasteiger partial charge in [-0.1, -0.05) is 42.1 Å². The summed E-state index contributed by atoms with van der Waals surface area (Å²) < 4.78 is 5.27. The zero-order valence-electron chi connectivity index (χ0n) is 15.0. The number of anilines is 1. The van der Waals surface area contributed by atoms with Gasteiger partial charge in [-0.25, -0.2) is 0 Å². The van der Waals surface area contributed by atoms with Crippen molar-refractivity contribution in [2.45, 2.75) is 6.54 Å². The lowest BCUT2D eigenvalue weighted by Crippen LogP contribution is -2.25. The smallest absolute Gasteiger partial charge is 0.255 e. The molecular weight excluding hydrogens is 372 g/mol. The number of carbonyl (C=O) groups is 1. The standard InChI is InChI=1S/C21H18N4O2S/c26-20(16-5-2-1-3-6-16)23-17-10-8-15(9-11-17)19-14-28-21(25-24-19)22-13-18-7-4-12-27-18/h1-12H,13-14H2,(H,22,25)(H,23,26). The van der Waals surface area contributed by atoms with Gasteiger partial charge in [0.2, 0.25) is 0 Å². The number of rotatable bonds is 5. The Morgan fingerprint density at radius 3 is 2.61 bits per heavy atom. The van der Waals surface area contributed by atoms with Crippen molar-refractivity contribution in [3.8, 4) is 0 Å². The molecule has 0 fully saturated rings. The van der Waals surface area contributed by atoms with Crippen molar-refractivity contribution in [2.75, 3.05) is 11.1 Å². The van der Waals surface area contributed by atoms with E-state index in [2.05, 4.69) is 20.8 Å². The van der Waals surface area contributed by atoms with Crippen molar-refractivity contribution in [3.05, 3.63) is 89.9 Å². The number of amidine groups is 1. The maximum Gasteiger partial charge on any atom is 0.255 e. The number of amides is 1. The van der Waals surface area contributed by atoms with E-state index in [1.807, 2.05) is 54.6 Å². The fraction of sp³-hybridized carbons (Fsp3) is 0.0952. The normalized spacial score (nSPS) is 15.0. The van der Waals surface area contributed by atoms with Crippen LogP contribution in [-0.2, 0) is 6.54 Å². The number of hydrazone groups is 1. The Kier molecular flexibility index (Phi) is 5.53. The van der Waals surface area contributed by atoms with Crippen LogP contribution in [0.1, 0.15) is 21.7 Å². The van der Waals surface area contributed by atoms with Crippen LogP contribution in [0.4, 0.5) is 5.69 Å². The molecule has 4 rings (SSSR count). The topological polar surface area (TPSA) is 79.0 Å². The molecule has 28 heavy (non-hydrogen) atoms. The Morgan fingerprint density at radius 2 is 1.93 bits per heavy atom. The van der Waals surface area contributed by atoms with Crippen LogP contribution >= 0.6 is 11.8 Å². The van der Waals surface area contributed by atoms with E-state index in [9.17, 15) is 4.79 Å². The minimum absolute atomic E-state index is 0.127. The first-order valence-corrected chi connectivity index (χ1v) is 9.75. The summed E-state index contributed by atoms with van der Waals surface area (Å²) in [6, 6.07) is 20.5. The van der Waals surface area contributed by atoms with E-state index in [-0.39, 0.29) is 5.91 Å². The number of hydrogen-bond acceptors (Lipinski definition) is 5. The van der Waals surface area contributed by atoms with Crippen LogP contribution < -0.4 is 10.7 Å². The quantitative estimate of drug-likeness (QED) is 0.687. The zero-order chi connectivity index (χ0) is 19.2. The predicted octanol–water partition coefficient (Wildman–Crippen LogP) is 4.13. The summed E-state index contributed by atoms with van der Waals surface area (Å²) in [5.41, 5.74) is 6.30. The van der Waals surface area contributed by atoms with E-state index < -0.39 is 0 Å². The summed E-state index contributed by atoms with van der Waals surface area (Å²) in [5.74, 6) is 1.41. The molecule has 2 aromatic carbocycles. The summed E-state index contributed by atoms with van der Waals surface area (Å²) in [4.78, 5) is 16.7. The average Bonchev–Trinajstić information content (AvgIpc) is 3.28. The van der Waals surface area contributed by atoms with Crippen molar-refractivity contribution < 1.29 is 9.21 Å². The van der Waals surface area contributed by atoms with E-state index in [1.54, 1.807) is 30.2 Å². The molecule has 2 heterocycles. The molecular formula is C21H18N4O2S. The number of furan rings is 1. The monoisotopic (exact) mass is 390 g/mol. The molecule has 0 radical (unpaired) electrons. The van der Waals surface area contributed by atoms with Crippen molar-refractivity contribution >= 4 is 34.2 Å². The van der Waals surface area contributed by atoms with Gasteiger partial charge < -0.3 is 9.73 Å². The Bertz CT molecular complexity index is 997. The summed E-state index contributed by atoms with van der Waals surface area (Å²) >= 11 is 1.60. The van der Waals surface area contributed by atoms with Crippen LogP contribution in [0.15, 0.2) is 87.5 Å². The van der Waals surface area contributed by atoms with Crippen LogP contribution in [0.3, 0.4) is 0 Å². The first-order valence-electron chi connectivity index (χ1n) is 8.77. The summed E-state index contributed by atoms with van der Waals surface area (Å²) in [6.07, 6.45) is 1.64. The van der Waals surface area contributed by atoms with Gasteiger partial charge in [0.05, 0.1) is 18.5 Å². The fourth-order valence-electron chi connectivity index (χ4n) is 2.64. The highest BCUT2D eigenvalue weighted by atomic mass is 32.2. The number of thioether (sulfide) groups is 1. The Hall–Kier alpha value is -3.32. The van der Waals surface area contributed by atoms with Crippen molar-refractivity contribution in [3.63, 3.8) is 0 Å². The number of nitrogens with zero attached hydrogens (tertiary/aromatic N) is 2. The van der Waals surface area contributed by atoms with Crippen molar-refractivity contribution in [2.24, 2.45) is 10.1 Å². The Balaban J connectivity index is 1.36. The molecule has 6 nitrogen and oxygen atoms in total. The number of aliphatic imine (C=N–C) groups is 1. The maximum atomic E-state index is 12.2. The highest BCUT2D eigenvalue weighted by Crippen LogP contribution is 2.17. The Morgan fingerprint density at radius 1 is 1.11 bits per heavy atom. The van der Waals surface area contributed by atoms with Gasteiger partial charge in [-0.05, 0) is 42.0 Å².